The summed E-state index contributed by atoms with van der Waals surface area (Å²) in [7, 11) is 0. The van der Waals surface area contributed by atoms with Crippen LogP contribution in [0.25, 0.3) is 11.3 Å². The van der Waals surface area contributed by atoms with E-state index >= 15 is 0 Å². The third-order valence-corrected chi connectivity index (χ3v) is 4.64. The van der Waals surface area contributed by atoms with E-state index in [1.165, 1.54) is 11.3 Å². The number of halogens is 1. The number of carbonyl (C=O) groups excluding carboxylic acids is 2. The predicted octanol–water partition coefficient (Wildman–Crippen LogP) is 3.88. The maximum atomic E-state index is 12.3. The van der Waals surface area contributed by atoms with Crippen LogP contribution in [0.5, 0.6) is 0 Å². The molecule has 4 N–H and O–H groups in total. The van der Waals surface area contributed by atoms with Gasteiger partial charge in [-0.1, -0.05) is 41.9 Å². The summed E-state index contributed by atoms with van der Waals surface area (Å²) < 4.78 is 0. The number of benzene rings is 2. The Labute approximate surface area is 159 Å². The zero-order chi connectivity index (χ0) is 18.5. The number of aromatic nitrogens is 1. The van der Waals surface area contributed by atoms with Crippen molar-refractivity contribution in [3.05, 3.63) is 70.1 Å². The fourth-order valence-corrected chi connectivity index (χ4v) is 3.19. The molecule has 0 radical (unpaired) electrons. The molecule has 0 aliphatic carbocycles. The molecular weight excluding hydrogens is 372 g/mol. The normalized spacial score (nSPS) is 10.3. The molecule has 1 aromatic heterocycles. The number of thiazole rings is 1. The van der Waals surface area contributed by atoms with Crippen LogP contribution in [0.2, 0.25) is 5.02 Å². The van der Waals surface area contributed by atoms with Crippen molar-refractivity contribution in [1.82, 2.24) is 10.3 Å². The van der Waals surface area contributed by atoms with E-state index in [0.29, 0.717) is 28.0 Å². The maximum absolute atomic E-state index is 12.3. The molecule has 0 saturated heterocycles. The van der Waals surface area contributed by atoms with Gasteiger partial charge in [-0.2, -0.15) is 0 Å². The lowest BCUT2D eigenvalue weighted by Crippen LogP contribution is -2.28. The lowest BCUT2D eigenvalue weighted by molar-refractivity contribution is 0.102. The van der Waals surface area contributed by atoms with Crippen molar-refractivity contribution in [2.75, 3.05) is 5.32 Å². The van der Waals surface area contributed by atoms with E-state index < -0.39 is 6.03 Å². The minimum absolute atomic E-state index is 0.264. The Hall–Kier alpha value is -2.90. The van der Waals surface area contributed by atoms with Crippen molar-refractivity contribution in [3.63, 3.8) is 0 Å². The van der Waals surface area contributed by atoms with Gasteiger partial charge in [0.05, 0.1) is 5.69 Å². The first-order valence-electron chi connectivity index (χ1n) is 7.67. The molecule has 2 aromatic carbocycles. The van der Waals surface area contributed by atoms with Gasteiger partial charge in [0, 0.05) is 28.1 Å². The van der Waals surface area contributed by atoms with Gasteiger partial charge in [0.15, 0.2) is 5.13 Å². The zero-order valence-electron chi connectivity index (χ0n) is 13.5. The quantitative estimate of drug-likeness (QED) is 0.620. The highest BCUT2D eigenvalue weighted by molar-refractivity contribution is 7.14. The van der Waals surface area contributed by atoms with Crippen LogP contribution in [0.3, 0.4) is 0 Å². The Morgan fingerprint density at radius 3 is 2.54 bits per heavy atom. The number of urea groups is 1. The first-order valence-corrected chi connectivity index (χ1v) is 8.93. The highest BCUT2D eigenvalue weighted by Crippen LogP contribution is 2.30. The molecule has 3 amide bonds. The van der Waals surface area contributed by atoms with Crippen LogP contribution >= 0.6 is 22.9 Å². The zero-order valence-corrected chi connectivity index (χ0v) is 15.1. The molecule has 0 fully saturated rings. The van der Waals surface area contributed by atoms with Gasteiger partial charge in [-0.15, -0.1) is 11.3 Å². The topological polar surface area (TPSA) is 97.1 Å². The predicted molar refractivity (Wildman–Crippen MR) is 103 cm³/mol. The van der Waals surface area contributed by atoms with Gasteiger partial charge in [-0.05, 0) is 23.8 Å². The molecule has 0 atom stereocenters. The van der Waals surface area contributed by atoms with Crippen LogP contribution in [0.4, 0.5) is 9.93 Å². The van der Waals surface area contributed by atoms with E-state index in [2.05, 4.69) is 15.6 Å². The van der Waals surface area contributed by atoms with Crippen LogP contribution in [0.15, 0.2) is 53.9 Å². The summed E-state index contributed by atoms with van der Waals surface area (Å²) in [5.41, 5.74) is 7.89. The molecule has 26 heavy (non-hydrogen) atoms. The molecule has 0 aliphatic rings. The number of nitrogens with zero attached hydrogens (tertiary/aromatic N) is 1. The standard InChI is InChI=1S/C18H15ClN4O2S/c19-14-4-2-1-3-13(14)15-10-26-18(22-15)23-16(24)12-7-5-11(6-8-12)9-21-17(20)25/h1-8,10H,9H2,(H3,20,21,25)(H,22,23,24). The van der Waals surface area contributed by atoms with Gasteiger partial charge in [0.2, 0.25) is 0 Å². The van der Waals surface area contributed by atoms with Gasteiger partial charge in [-0.3, -0.25) is 10.1 Å². The summed E-state index contributed by atoms with van der Waals surface area (Å²) in [5.74, 6) is -0.264. The van der Waals surface area contributed by atoms with Crippen LogP contribution in [0.1, 0.15) is 15.9 Å². The minimum Gasteiger partial charge on any atom is -0.352 e. The number of carbonyl (C=O) groups is 2. The number of hydrogen-bond acceptors (Lipinski definition) is 4. The second-order valence-corrected chi connectivity index (χ2v) is 6.65. The van der Waals surface area contributed by atoms with Crippen LogP contribution in [-0.4, -0.2) is 16.9 Å². The summed E-state index contributed by atoms with van der Waals surface area (Å²) in [6.45, 7) is 0.310. The molecule has 1 heterocycles. The molecule has 0 aliphatic heterocycles. The number of amides is 3. The fraction of sp³-hybridized carbons (Fsp3) is 0.0556. The van der Waals surface area contributed by atoms with Crippen molar-refractivity contribution >= 4 is 40.0 Å². The van der Waals surface area contributed by atoms with Crippen molar-refractivity contribution in [2.24, 2.45) is 5.73 Å². The first-order chi connectivity index (χ1) is 12.5. The van der Waals surface area contributed by atoms with E-state index in [1.54, 1.807) is 30.3 Å². The van der Waals surface area contributed by atoms with Gasteiger partial charge in [0.25, 0.3) is 5.91 Å². The fourth-order valence-electron chi connectivity index (χ4n) is 2.26. The molecule has 0 unspecified atom stereocenters. The number of rotatable bonds is 5. The smallest absolute Gasteiger partial charge is 0.312 e. The first kappa shape index (κ1) is 17.9. The van der Waals surface area contributed by atoms with E-state index in [1.807, 2.05) is 23.6 Å². The van der Waals surface area contributed by atoms with Crippen molar-refractivity contribution in [1.29, 1.82) is 0 Å². The SMILES string of the molecule is NC(=O)NCc1ccc(C(=O)Nc2nc(-c3ccccc3Cl)cs2)cc1. The van der Waals surface area contributed by atoms with Crippen LogP contribution in [-0.2, 0) is 6.54 Å². The second-order valence-electron chi connectivity index (χ2n) is 5.39. The largest absolute Gasteiger partial charge is 0.352 e. The number of anilines is 1. The van der Waals surface area contributed by atoms with Crippen LogP contribution in [0, 0.1) is 0 Å². The number of primary amides is 1. The monoisotopic (exact) mass is 386 g/mol. The number of nitrogens with two attached hydrogens (primary N) is 1. The molecule has 6 nitrogen and oxygen atoms in total. The highest BCUT2D eigenvalue weighted by atomic mass is 35.5. The number of nitrogens with one attached hydrogen (secondary N) is 2. The van der Waals surface area contributed by atoms with Crippen molar-refractivity contribution in [3.8, 4) is 11.3 Å². The summed E-state index contributed by atoms with van der Waals surface area (Å²) >= 11 is 7.50. The second kappa shape index (κ2) is 7.99. The average Bonchev–Trinajstić information content (AvgIpc) is 3.09. The Morgan fingerprint density at radius 2 is 1.85 bits per heavy atom. The minimum atomic E-state index is -0.593. The Morgan fingerprint density at radius 1 is 1.12 bits per heavy atom. The summed E-state index contributed by atoms with van der Waals surface area (Å²) in [4.78, 5) is 27.5. The van der Waals surface area contributed by atoms with E-state index in [0.717, 1.165) is 11.1 Å². The van der Waals surface area contributed by atoms with Gasteiger partial charge >= 0.3 is 6.03 Å². The van der Waals surface area contributed by atoms with E-state index in [9.17, 15) is 9.59 Å². The van der Waals surface area contributed by atoms with Crippen LogP contribution < -0.4 is 16.4 Å². The maximum Gasteiger partial charge on any atom is 0.312 e. The molecule has 132 valence electrons. The molecule has 3 aromatic rings. The Bertz CT molecular complexity index is 940. The van der Waals surface area contributed by atoms with E-state index in [4.69, 9.17) is 17.3 Å². The Kier molecular flexibility index (Phi) is 5.50. The highest BCUT2D eigenvalue weighted by Gasteiger charge is 2.11. The average molecular weight is 387 g/mol. The van der Waals surface area contributed by atoms with Crippen molar-refractivity contribution < 1.29 is 9.59 Å². The molecule has 0 bridgehead atoms. The molecule has 0 spiro atoms. The third-order valence-electron chi connectivity index (χ3n) is 3.56. The lowest BCUT2D eigenvalue weighted by atomic mass is 10.1. The van der Waals surface area contributed by atoms with Gasteiger partial charge < -0.3 is 11.1 Å². The molecule has 8 heteroatoms. The molecular formula is C18H15ClN4O2S. The number of hydrogen-bond donors (Lipinski definition) is 3. The van der Waals surface area contributed by atoms with E-state index in [-0.39, 0.29) is 5.91 Å². The van der Waals surface area contributed by atoms with Gasteiger partial charge in [0.1, 0.15) is 0 Å². The Balaban J connectivity index is 1.67. The summed E-state index contributed by atoms with van der Waals surface area (Å²) in [6, 6.07) is 13.7. The molecule has 0 saturated carbocycles. The third kappa shape index (κ3) is 4.38. The summed E-state index contributed by atoms with van der Waals surface area (Å²) in [6.07, 6.45) is 0. The van der Waals surface area contributed by atoms with Gasteiger partial charge in [-0.25, -0.2) is 9.78 Å². The lowest BCUT2D eigenvalue weighted by Gasteiger charge is -2.05. The molecule has 3 rings (SSSR count). The van der Waals surface area contributed by atoms with Crippen molar-refractivity contribution in [2.45, 2.75) is 6.54 Å². The summed E-state index contributed by atoms with van der Waals surface area (Å²) in [5, 5.41) is 8.21.